The van der Waals surface area contributed by atoms with Crippen LogP contribution in [0.3, 0.4) is 0 Å². The van der Waals surface area contributed by atoms with Gasteiger partial charge in [0.25, 0.3) is 0 Å². The third-order valence-corrected chi connectivity index (χ3v) is 7.27. The molecule has 1 aromatic carbocycles. The lowest BCUT2D eigenvalue weighted by atomic mass is 10.00. The molecule has 3 aliphatic heterocycles. The standard InChI is InChI=1S/C25H33ClF3N5O/c1-18(17-32-12-14-33(15-13-32)22-4-2-19(26)3-5-22)24(35)34-10-7-20(8-11-34)31-21-6-9-30-23(16-21)25(27,28)29/h2-5,9,16,18,20-21,31H,6-8,10-15,17H2,1H3. The summed E-state index contributed by atoms with van der Waals surface area (Å²) in [4.78, 5) is 23.1. The largest absolute Gasteiger partial charge is 0.433 e. The van der Waals surface area contributed by atoms with E-state index in [1.165, 1.54) is 18.0 Å². The van der Waals surface area contributed by atoms with Crippen LogP contribution in [0.5, 0.6) is 0 Å². The van der Waals surface area contributed by atoms with Crippen LogP contribution in [0.1, 0.15) is 26.2 Å². The number of anilines is 1. The zero-order valence-electron chi connectivity index (χ0n) is 20.0. The number of halogens is 4. The molecular formula is C25H33ClF3N5O. The number of nitrogens with zero attached hydrogens (tertiary/aromatic N) is 4. The third-order valence-electron chi connectivity index (χ3n) is 7.01. The summed E-state index contributed by atoms with van der Waals surface area (Å²) >= 11 is 5.99. The number of piperazine rings is 1. The molecule has 2 unspecified atom stereocenters. The Bertz CT molecular complexity index is 920. The van der Waals surface area contributed by atoms with Gasteiger partial charge in [0, 0.05) is 87.2 Å². The highest BCUT2D eigenvalue weighted by molar-refractivity contribution is 6.30. The molecule has 1 N–H and O–H groups in total. The minimum atomic E-state index is -4.43. The molecule has 4 rings (SSSR count). The summed E-state index contributed by atoms with van der Waals surface area (Å²) in [5.41, 5.74) is 0.331. The first-order valence-electron chi connectivity index (χ1n) is 12.3. The summed E-state index contributed by atoms with van der Waals surface area (Å²) in [6.45, 7) is 7.62. The summed E-state index contributed by atoms with van der Waals surface area (Å²) in [6, 6.07) is 7.61. The first kappa shape index (κ1) is 26.0. The maximum atomic E-state index is 13.0. The number of amides is 1. The van der Waals surface area contributed by atoms with E-state index in [2.05, 4.69) is 20.1 Å². The van der Waals surface area contributed by atoms with Crippen LogP contribution < -0.4 is 10.2 Å². The summed E-state index contributed by atoms with van der Waals surface area (Å²) in [6.07, 6.45) is -0.00316. The Labute approximate surface area is 209 Å². The number of hydrogen-bond acceptors (Lipinski definition) is 5. The van der Waals surface area contributed by atoms with Gasteiger partial charge in [0.1, 0.15) is 5.70 Å². The van der Waals surface area contributed by atoms with Gasteiger partial charge >= 0.3 is 6.18 Å². The summed E-state index contributed by atoms with van der Waals surface area (Å²) in [7, 11) is 0. The first-order chi connectivity index (χ1) is 16.7. The van der Waals surface area contributed by atoms with Crippen LogP contribution in [0.4, 0.5) is 18.9 Å². The normalized spacial score (nSPS) is 23.3. The van der Waals surface area contributed by atoms with Crippen molar-refractivity contribution in [2.45, 2.75) is 44.4 Å². The van der Waals surface area contributed by atoms with E-state index in [9.17, 15) is 18.0 Å². The van der Waals surface area contributed by atoms with Crippen LogP contribution in [-0.2, 0) is 4.79 Å². The lowest BCUT2D eigenvalue weighted by Crippen LogP contribution is -2.51. The molecule has 35 heavy (non-hydrogen) atoms. The average Bonchev–Trinajstić information content (AvgIpc) is 2.85. The molecule has 192 valence electrons. The molecule has 0 spiro atoms. The fourth-order valence-electron chi connectivity index (χ4n) is 5.04. The average molecular weight is 512 g/mol. The van der Waals surface area contributed by atoms with E-state index in [1.807, 2.05) is 36.1 Å². The lowest BCUT2D eigenvalue weighted by Gasteiger charge is -2.39. The Morgan fingerprint density at radius 2 is 1.77 bits per heavy atom. The van der Waals surface area contributed by atoms with Gasteiger partial charge in [0.15, 0.2) is 0 Å². The monoisotopic (exact) mass is 511 g/mol. The second kappa shape index (κ2) is 11.3. The number of likely N-dealkylation sites (tertiary alicyclic amines) is 1. The smallest absolute Gasteiger partial charge is 0.369 e. The zero-order chi connectivity index (χ0) is 25.0. The van der Waals surface area contributed by atoms with Gasteiger partial charge in [-0.25, -0.2) is 0 Å². The number of aliphatic imine (C=N–C) groups is 1. The van der Waals surface area contributed by atoms with Gasteiger partial charge in [-0.1, -0.05) is 18.5 Å². The quantitative estimate of drug-likeness (QED) is 0.628. The van der Waals surface area contributed by atoms with Gasteiger partial charge in [-0.15, -0.1) is 0 Å². The van der Waals surface area contributed by atoms with Crippen molar-refractivity contribution >= 4 is 29.4 Å². The fourth-order valence-corrected chi connectivity index (χ4v) is 5.16. The van der Waals surface area contributed by atoms with E-state index in [0.29, 0.717) is 19.5 Å². The van der Waals surface area contributed by atoms with E-state index in [-0.39, 0.29) is 23.9 Å². The van der Waals surface area contributed by atoms with Crippen LogP contribution >= 0.6 is 11.6 Å². The van der Waals surface area contributed by atoms with Crippen molar-refractivity contribution in [1.29, 1.82) is 0 Å². The van der Waals surface area contributed by atoms with Crippen molar-refractivity contribution in [3.8, 4) is 0 Å². The van der Waals surface area contributed by atoms with Gasteiger partial charge < -0.3 is 15.1 Å². The predicted octanol–water partition coefficient (Wildman–Crippen LogP) is 3.97. The topological polar surface area (TPSA) is 51.2 Å². The maximum Gasteiger partial charge on any atom is 0.433 e. The minimum absolute atomic E-state index is 0.0894. The zero-order valence-corrected chi connectivity index (χ0v) is 20.7. The Kier molecular flexibility index (Phi) is 8.39. The van der Waals surface area contributed by atoms with E-state index in [4.69, 9.17) is 11.6 Å². The fraction of sp³-hybridized carbons (Fsp3) is 0.600. The summed E-state index contributed by atoms with van der Waals surface area (Å²) < 4.78 is 38.8. The van der Waals surface area contributed by atoms with Crippen LogP contribution in [0.2, 0.25) is 5.02 Å². The number of hydrogen-bond donors (Lipinski definition) is 1. The van der Waals surface area contributed by atoms with Crippen LogP contribution in [-0.4, -0.2) is 86.0 Å². The molecule has 2 saturated heterocycles. The van der Waals surface area contributed by atoms with Crippen molar-refractivity contribution in [2.75, 3.05) is 50.7 Å². The summed E-state index contributed by atoms with van der Waals surface area (Å²) in [5.74, 6) is 0.0704. The van der Waals surface area contributed by atoms with Crippen LogP contribution in [0, 0.1) is 5.92 Å². The van der Waals surface area contributed by atoms with E-state index < -0.39 is 11.9 Å². The van der Waals surface area contributed by atoms with Gasteiger partial charge in [-0.2, -0.15) is 13.2 Å². The number of piperidine rings is 1. The molecule has 0 saturated carbocycles. The number of carbonyl (C=O) groups is 1. The third kappa shape index (κ3) is 6.98. The molecule has 0 aliphatic carbocycles. The predicted molar refractivity (Wildman–Crippen MR) is 133 cm³/mol. The van der Waals surface area contributed by atoms with E-state index in [0.717, 1.165) is 50.6 Å². The Hall–Kier alpha value is -2.10. The number of rotatable bonds is 6. The highest BCUT2D eigenvalue weighted by Gasteiger charge is 2.36. The molecule has 1 amide bonds. The molecule has 0 bridgehead atoms. The molecule has 10 heteroatoms. The van der Waals surface area contributed by atoms with Gasteiger partial charge in [0.2, 0.25) is 5.91 Å². The van der Waals surface area contributed by atoms with Crippen molar-refractivity contribution in [2.24, 2.45) is 10.9 Å². The van der Waals surface area contributed by atoms with Crippen LogP contribution in [0.15, 0.2) is 41.0 Å². The number of carbonyl (C=O) groups excluding carboxylic acids is 1. The van der Waals surface area contributed by atoms with Gasteiger partial charge in [-0.3, -0.25) is 14.7 Å². The molecule has 2 fully saturated rings. The molecule has 1 aromatic rings. The van der Waals surface area contributed by atoms with Crippen molar-refractivity contribution in [3.63, 3.8) is 0 Å². The number of nitrogens with one attached hydrogen (secondary N) is 1. The van der Waals surface area contributed by atoms with Crippen molar-refractivity contribution in [3.05, 3.63) is 41.1 Å². The molecule has 6 nitrogen and oxygen atoms in total. The van der Waals surface area contributed by atoms with Gasteiger partial charge in [0.05, 0.1) is 0 Å². The number of benzene rings is 1. The molecule has 2 atom stereocenters. The SMILES string of the molecule is CC(CN1CCN(c2ccc(Cl)cc2)CC1)C(=O)N1CCC(NC2C=C(C(F)(F)F)N=CC2)CC1. The Balaban J connectivity index is 1.18. The first-order valence-corrected chi connectivity index (χ1v) is 12.7. The second-order valence-electron chi connectivity index (χ2n) is 9.63. The number of alkyl halides is 3. The maximum absolute atomic E-state index is 13.0. The Morgan fingerprint density at radius 1 is 1.11 bits per heavy atom. The lowest BCUT2D eigenvalue weighted by molar-refractivity contribution is -0.136. The molecule has 0 radical (unpaired) electrons. The van der Waals surface area contributed by atoms with E-state index >= 15 is 0 Å². The summed E-state index contributed by atoms with van der Waals surface area (Å²) in [5, 5.41) is 4.04. The van der Waals surface area contributed by atoms with Crippen molar-refractivity contribution < 1.29 is 18.0 Å². The van der Waals surface area contributed by atoms with Crippen LogP contribution in [0.25, 0.3) is 0 Å². The molecule has 3 aliphatic rings. The number of allylic oxidation sites excluding steroid dienone is 1. The van der Waals surface area contributed by atoms with E-state index in [1.54, 1.807) is 0 Å². The highest BCUT2D eigenvalue weighted by atomic mass is 35.5. The van der Waals surface area contributed by atoms with Gasteiger partial charge in [-0.05, 0) is 43.2 Å². The highest BCUT2D eigenvalue weighted by Crippen LogP contribution is 2.29. The second-order valence-corrected chi connectivity index (χ2v) is 10.1. The minimum Gasteiger partial charge on any atom is -0.369 e. The van der Waals surface area contributed by atoms with Crippen molar-refractivity contribution in [1.82, 2.24) is 15.1 Å². The molecular weight excluding hydrogens is 479 g/mol. The molecule has 3 heterocycles. The Morgan fingerprint density at radius 3 is 2.40 bits per heavy atom. The molecule has 0 aromatic heterocycles.